The van der Waals surface area contributed by atoms with Gasteiger partial charge in [-0.05, 0) is 17.7 Å². The van der Waals surface area contributed by atoms with Crippen LogP contribution in [0.3, 0.4) is 0 Å². The van der Waals surface area contributed by atoms with E-state index in [1.807, 2.05) is 0 Å². The van der Waals surface area contributed by atoms with Gasteiger partial charge >= 0.3 is 5.97 Å². The number of carbonyl (C=O) groups excluding carboxylic acids is 1. The molecule has 0 unspecified atom stereocenters. The van der Waals surface area contributed by atoms with E-state index in [0.29, 0.717) is 10.6 Å². The van der Waals surface area contributed by atoms with Crippen molar-refractivity contribution in [1.82, 2.24) is 0 Å². The molecule has 0 atom stereocenters. The zero-order valence-electron chi connectivity index (χ0n) is 9.35. The van der Waals surface area contributed by atoms with Gasteiger partial charge in [-0.3, -0.25) is 14.9 Å². The molecule has 0 heterocycles. The van der Waals surface area contributed by atoms with Crippen molar-refractivity contribution in [1.29, 1.82) is 0 Å². The SMILES string of the molecule is CC(=O)OC/C(=C\c1ccc(Cl)cc1Cl)[N+](=O)[O-]. The van der Waals surface area contributed by atoms with Gasteiger partial charge in [0.1, 0.15) is 0 Å². The van der Waals surface area contributed by atoms with Crippen LogP contribution < -0.4 is 0 Å². The summed E-state index contributed by atoms with van der Waals surface area (Å²) in [4.78, 5) is 20.8. The largest absolute Gasteiger partial charge is 0.454 e. The maximum atomic E-state index is 10.8. The van der Waals surface area contributed by atoms with Gasteiger partial charge in [0.2, 0.25) is 0 Å². The lowest BCUT2D eigenvalue weighted by molar-refractivity contribution is -0.428. The Kier molecular flexibility index (Phi) is 5.12. The van der Waals surface area contributed by atoms with Crippen molar-refractivity contribution in [2.75, 3.05) is 6.61 Å². The first-order chi connectivity index (χ1) is 8.40. The summed E-state index contributed by atoms with van der Waals surface area (Å²) in [6, 6.07) is 4.57. The molecule has 0 amide bonds. The summed E-state index contributed by atoms with van der Waals surface area (Å²) < 4.78 is 4.58. The third kappa shape index (κ3) is 4.35. The molecule has 18 heavy (non-hydrogen) atoms. The van der Waals surface area contributed by atoms with Gasteiger partial charge < -0.3 is 4.74 Å². The Morgan fingerprint density at radius 2 is 2.17 bits per heavy atom. The van der Waals surface area contributed by atoms with E-state index in [0.717, 1.165) is 0 Å². The molecule has 5 nitrogen and oxygen atoms in total. The number of benzene rings is 1. The Morgan fingerprint density at radius 3 is 2.67 bits per heavy atom. The summed E-state index contributed by atoms with van der Waals surface area (Å²) in [5.74, 6) is -0.593. The van der Waals surface area contributed by atoms with Crippen LogP contribution in [0.15, 0.2) is 23.9 Å². The van der Waals surface area contributed by atoms with Crippen molar-refractivity contribution in [2.45, 2.75) is 6.92 Å². The Labute approximate surface area is 113 Å². The number of esters is 1. The summed E-state index contributed by atoms with van der Waals surface area (Å²) in [5.41, 5.74) is 0.161. The number of ether oxygens (including phenoxy) is 1. The minimum atomic E-state index is -0.631. The van der Waals surface area contributed by atoms with Crippen molar-refractivity contribution in [3.05, 3.63) is 49.6 Å². The number of hydrogen-bond donors (Lipinski definition) is 0. The second-order valence-corrected chi connectivity index (χ2v) is 4.18. The minimum absolute atomic E-state index is 0.269. The van der Waals surface area contributed by atoms with Crippen LogP contribution in [-0.2, 0) is 9.53 Å². The molecule has 0 saturated heterocycles. The maximum absolute atomic E-state index is 10.8. The number of rotatable bonds is 4. The smallest absolute Gasteiger partial charge is 0.303 e. The second-order valence-electron chi connectivity index (χ2n) is 3.34. The van der Waals surface area contributed by atoms with Crippen LogP contribution in [0.1, 0.15) is 12.5 Å². The van der Waals surface area contributed by atoms with Crippen LogP contribution in [0.5, 0.6) is 0 Å². The van der Waals surface area contributed by atoms with Crippen LogP contribution in [0, 0.1) is 10.1 Å². The van der Waals surface area contributed by atoms with Gasteiger partial charge in [-0.2, -0.15) is 0 Å². The first kappa shape index (κ1) is 14.5. The molecule has 0 aliphatic heterocycles. The molecule has 0 bridgehead atoms. The zero-order chi connectivity index (χ0) is 13.7. The van der Waals surface area contributed by atoms with E-state index in [-0.39, 0.29) is 10.7 Å². The van der Waals surface area contributed by atoms with Crippen molar-refractivity contribution in [3.63, 3.8) is 0 Å². The van der Waals surface area contributed by atoms with E-state index < -0.39 is 17.5 Å². The summed E-state index contributed by atoms with van der Waals surface area (Å²) in [5, 5.41) is 11.5. The first-order valence-electron chi connectivity index (χ1n) is 4.83. The fourth-order valence-corrected chi connectivity index (χ4v) is 1.58. The molecule has 0 saturated carbocycles. The molecule has 1 aromatic carbocycles. The lowest BCUT2D eigenvalue weighted by atomic mass is 10.2. The molecule has 0 fully saturated rings. The Hall–Kier alpha value is -1.59. The van der Waals surface area contributed by atoms with Gasteiger partial charge in [-0.1, -0.05) is 29.3 Å². The van der Waals surface area contributed by atoms with Crippen molar-refractivity contribution in [2.24, 2.45) is 0 Å². The highest BCUT2D eigenvalue weighted by molar-refractivity contribution is 6.35. The maximum Gasteiger partial charge on any atom is 0.303 e. The standard InChI is InChI=1S/C11H9Cl2NO4/c1-7(15)18-6-10(14(16)17)4-8-2-3-9(12)5-11(8)13/h2-5H,6H2,1H3/b10-4+. The fraction of sp³-hybridized carbons (Fsp3) is 0.182. The van der Waals surface area contributed by atoms with Gasteiger partial charge in [0.05, 0.1) is 4.92 Å². The monoisotopic (exact) mass is 289 g/mol. The predicted octanol–water partition coefficient (Wildman–Crippen LogP) is 3.17. The number of nitro groups is 1. The zero-order valence-corrected chi connectivity index (χ0v) is 10.9. The molecule has 0 radical (unpaired) electrons. The predicted molar refractivity (Wildman–Crippen MR) is 68.1 cm³/mol. The molecule has 1 aromatic rings. The molecule has 0 aliphatic rings. The molecule has 96 valence electrons. The van der Waals surface area contributed by atoms with Gasteiger partial charge in [0.25, 0.3) is 5.70 Å². The third-order valence-electron chi connectivity index (χ3n) is 1.94. The van der Waals surface area contributed by atoms with Crippen LogP contribution in [0.4, 0.5) is 0 Å². The quantitative estimate of drug-likeness (QED) is 0.485. The normalized spacial score (nSPS) is 11.2. The molecular weight excluding hydrogens is 281 g/mol. The molecule has 1 rings (SSSR count). The summed E-state index contributed by atoms with van der Waals surface area (Å²) in [6.45, 7) is 0.758. The minimum Gasteiger partial charge on any atom is -0.454 e. The highest BCUT2D eigenvalue weighted by atomic mass is 35.5. The molecule has 0 spiro atoms. The van der Waals surface area contributed by atoms with E-state index in [1.54, 1.807) is 12.1 Å². The van der Waals surface area contributed by atoms with Gasteiger partial charge in [-0.25, -0.2) is 0 Å². The third-order valence-corrected chi connectivity index (χ3v) is 2.50. The highest BCUT2D eigenvalue weighted by Gasteiger charge is 2.14. The van der Waals surface area contributed by atoms with Crippen molar-refractivity contribution in [3.8, 4) is 0 Å². The summed E-state index contributed by atoms with van der Waals surface area (Å²) >= 11 is 11.6. The van der Waals surface area contributed by atoms with Gasteiger partial charge in [-0.15, -0.1) is 0 Å². The number of carbonyl (C=O) groups is 1. The molecule has 0 aliphatic carbocycles. The first-order valence-corrected chi connectivity index (χ1v) is 5.59. The molecule has 0 aromatic heterocycles. The van der Waals surface area contributed by atoms with Crippen LogP contribution >= 0.6 is 23.2 Å². The average Bonchev–Trinajstić information content (AvgIpc) is 2.26. The van der Waals surface area contributed by atoms with Gasteiger partial charge in [0.15, 0.2) is 6.61 Å². The lowest BCUT2D eigenvalue weighted by Gasteiger charge is -2.02. The van der Waals surface area contributed by atoms with E-state index in [4.69, 9.17) is 23.2 Å². The average molecular weight is 290 g/mol. The van der Waals surface area contributed by atoms with Crippen LogP contribution in [0.25, 0.3) is 6.08 Å². The summed E-state index contributed by atoms with van der Waals surface area (Å²) in [7, 11) is 0. The van der Waals surface area contributed by atoms with E-state index >= 15 is 0 Å². The summed E-state index contributed by atoms with van der Waals surface area (Å²) in [6.07, 6.45) is 1.24. The number of halogens is 2. The van der Waals surface area contributed by atoms with Gasteiger partial charge in [0, 0.05) is 23.0 Å². The molecule has 0 N–H and O–H groups in total. The van der Waals surface area contributed by atoms with E-state index in [2.05, 4.69) is 4.74 Å². The topological polar surface area (TPSA) is 69.4 Å². The Morgan fingerprint density at radius 1 is 1.50 bits per heavy atom. The highest BCUT2D eigenvalue weighted by Crippen LogP contribution is 2.23. The number of nitrogens with zero attached hydrogens (tertiary/aromatic N) is 1. The molecular formula is C11H9Cl2NO4. The van der Waals surface area contributed by atoms with Crippen molar-refractivity contribution >= 4 is 35.2 Å². The second kappa shape index (κ2) is 6.37. The Bertz CT molecular complexity index is 514. The fourth-order valence-electron chi connectivity index (χ4n) is 1.12. The number of hydrogen-bond acceptors (Lipinski definition) is 4. The van der Waals surface area contributed by atoms with Crippen molar-refractivity contribution < 1.29 is 14.5 Å². The van der Waals surface area contributed by atoms with E-state index in [1.165, 1.54) is 19.1 Å². The molecule has 7 heteroatoms. The van der Waals surface area contributed by atoms with Crippen LogP contribution in [0.2, 0.25) is 10.0 Å². The van der Waals surface area contributed by atoms with E-state index in [9.17, 15) is 14.9 Å². The Balaban J connectivity index is 3.00. The van der Waals surface area contributed by atoms with Crippen LogP contribution in [-0.4, -0.2) is 17.5 Å². The lowest BCUT2D eigenvalue weighted by Crippen LogP contribution is -2.09.